The monoisotopic (exact) mass is 336 g/mol. The summed E-state index contributed by atoms with van der Waals surface area (Å²) >= 11 is 0. The van der Waals surface area contributed by atoms with E-state index in [4.69, 9.17) is 0 Å². The Hall–Kier alpha value is -1.36. The summed E-state index contributed by atoms with van der Waals surface area (Å²) in [5.74, 6) is 0.537. The van der Waals surface area contributed by atoms with Crippen molar-refractivity contribution < 1.29 is 8.42 Å². The van der Waals surface area contributed by atoms with E-state index in [1.807, 2.05) is 12.1 Å². The standard InChI is InChI=1S/C18H28N2O2S/c1-5-6-15-7-9-17(10-8-15)23(21,22)20-19-16-11-14(2)12-18(3,4)13-16/h7-10,14,20H,5-6,11-13H2,1-4H3/b19-16+/t14-/m1/s1. The predicted octanol–water partition coefficient (Wildman–Crippen LogP) is 4.12. The van der Waals surface area contributed by atoms with E-state index in [1.165, 1.54) is 0 Å². The molecule has 1 atom stereocenters. The van der Waals surface area contributed by atoms with Crippen molar-refractivity contribution in [3.8, 4) is 0 Å². The van der Waals surface area contributed by atoms with Crippen molar-refractivity contribution in [3.63, 3.8) is 0 Å². The normalized spacial score (nSPS) is 23.0. The number of aryl methyl sites for hydroxylation is 1. The minimum Gasteiger partial charge on any atom is -0.200 e. The average molecular weight is 337 g/mol. The van der Waals surface area contributed by atoms with Crippen LogP contribution in [0.1, 0.15) is 58.9 Å². The third-order valence-electron chi connectivity index (χ3n) is 4.26. The Labute approximate surface area is 140 Å². The molecule has 0 spiro atoms. The van der Waals surface area contributed by atoms with E-state index >= 15 is 0 Å². The maximum Gasteiger partial charge on any atom is 0.276 e. The number of nitrogens with one attached hydrogen (secondary N) is 1. The summed E-state index contributed by atoms with van der Waals surface area (Å²) in [6, 6.07) is 7.05. The van der Waals surface area contributed by atoms with Gasteiger partial charge in [-0.2, -0.15) is 13.5 Å². The number of rotatable bonds is 5. The first-order valence-electron chi connectivity index (χ1n) is 8.38. The van der Waals surface area contributed by atoms with Gasteiger partial charge in [0.05, 0.1) is 4.90 Å². The number of hydrogen-bond donors (Lipinski definition) is 1. The Balaban J connectivity index is 2.10. The minimum absolute atomic E-state index is 0.184. The Morgan fingerprint density at radius 3 is 2.48 bits per heavy atom. The summed E-state index contributed by atoms with van der Waals surface area (Å²) < 4.78 is 24.7. The van der Waals surface area contributed by atoms with Gasteiger partial charge in [-0.3, -0.25) is 0 Å². The molecule has 1 aliphatic rings. The van der Waals surface area contributed by atoms with Gasteiger partial charge < -0.3 is 0 Å². The van der Waals surface area contributed by atoms with Crippen molar-refractivity contribution in [1.82, 2.24) is 4.83 Å². The molecule has 1 aliphatic carbocycles. The molecule has 0 amide bonds. The summed E-state index contributed by atoms with van der Waals surface area (Å²) in [6.45, 7) is 8.71. The molecule has 1 fully saturated rings. The molecule has 5 heteroatoms. The fourth-order valence-corrected chi connectivity index (χ4v) is 4.35. The van der Waals surface area contributed by atoms with Crippen LogP contribution in [0.2, 0.25) is 0 Å². The number of benzene rings is 1. The van der Waals surface area contributed by atoms with Crippen LogP contribution in [0.15, 0.2) is 34.3 Å². The minimum atomic E-state index is -3.58. The van der Waals surface area contributed by atoms with Crippen LogP contribution in [0.5, 0.6) is 0 Å². The molecule has 0 unspecified atom stereocenters. The maximum atomic E-state index is 12.4. The lowest BCUT2D eigenvalue weighted by Crippen LogP contribution is -2.30. The third kappa shape index (κ3) is 5.06. The van der Waals surface area contributed by atoms with E-state index < -0.39 is 10.0 Å². The molecule has 128 valence electrons. The van der Waals surface area contributed by atoms with Crippen LogP contribution in [0, 0.1) is 11.3 Å². The van der Waals surface area contributed by atoms with Crippen LogP contribution in [-0.2, 0) is 16.4 Å². The SMILES string of the molecule is CCCc1ccc(S(=O)(=O)N/N=C2\C[C@@H](C)CC(C)(C)C2)cc1. The Morgan fingerprint density at radius 1 is 1.26 bits per heavy atom. The second-order valence-corrected chi connectivity index (χ2v) is 9.18. The number of nitrogens with zero attached hydrogens (tertiary/aromatic N) is 1. The van der Waals surface area contributed by atoms with Crippen molar-refractivity contribution in [2.45, 2.75) is 64.7 Å². The van der Waals surface area contributed by atoms with E-state index in [2.05, 4.69) is 37.6 Å². The van der Waals surface area contributed by atoms with Gasteiger partial charge in [-0.1, -0.05) is 46.2 Å². The zero-order valence-corrected chi connectivity index (χ0v) is 15.4. The molecular formula is C18H28N2O2S. The quantitative estimate of drug-likeness (QED) is 0.822. The van der Waals surface area contributed by atoms with Gasteiger partial charge >= 0.3 is 0 Å². The zero-order valence-electron chi connectivity index (χ0n) is 14.6. The molecule has 0 radical (unpaired) electrons. The molecular weight excluding hydrogens is 308 g/mol. The molecule has 1 aromatic carbocycles. The number of hydrogen-bond acceptors (Lipinski definition) is 3. The van der Waals surface area contributed by atoms with E-state index in [9.17, 15) is 8.42 Å². The molecule has 4 nitrogen and oxygen atoms in total. The van der Waals surface area contributed by atoms with E-state index in [0.29, 0.717) is 5.92 Å². The predicted molar refractivity (Wildman–Crippen MR) is 95.0 cm³/mol. The molecule has 1 saturated carbocycles. The summed E-state index contributed by atoms with van der Waals surface area (Å²) in [4.78, 5) is 2.68. The van der Waals surface area contributed by atoms with E-state index in [-0.39, 0.29) is 10.3 Å². The molecule has 1 N–H and O–H groups in total. The van der Waals surface area contributed by atoms with Crippen LogP contribution in [-0.4, -0.2) is 14.1 Å². The van der Waals surface area contributed by atoms with Gasteiger partial charge in [0.2, 0.25) is 0 Å². The molecule has 0 bridgehead atoms. The van der Waals surface area contributed by atoms with Crippen molar-refractivity contribution in [3.05, 3.63) is 29.8 Å². The molecule has 0 heterocycles. The summed E-state index contributed by atoms with van der Waals surface area (Å²) in [7, 11) is -3.58. The third-order valence-corrected chi connectivity index (χ3v) is 5.49. The lowest BCUT2D eigenvalue weighted by Gasteiger charge is -2.34. The van der Waals surface area contributed by atoms with Gasteiger partial charge in [-0.25, -0.2) is 4.83 Å². The van der Waals surface area contributed by atoms with Crippen LogP contribution in [0.4, 0.5) is 0 Å². The Bertz CT molecular complexity index is 661. The average Bonchev–Trinajstić information content (AvgIpc) is 2.44. The first-order chi connectivity index (χ1) is 10.7. The van der Waals surface area contributed by atoms with Gasteiger partial charge in [-0.05, 0) is 54.7 Å². The van der Waals surface area contributed by atoms with Crippen LogP contribution in [0.3, 0.4) is 0 Å². The van der Waals surface area contributed by atoms with Crippen molar-refractivity contribution in [2.75, 3.05) is 0 Å². The molecule has 0 aromatic heterocycles. The molecule has 0 saturated heterocycles. The largest absolute Gasteiger partial charge is 0.276 e. The van der Waals surface area contributed by atoms with Gasteiger partial charge in [0.25, 0.3) is 10.0 Å². The summed E-state index contributed by atoms with van der Waals surface area (Å²) in [6.07, 6.45) is 4.86. The van der Waals surface area contributed by atoms with E-state index in [0.717, 1.165) is 43.4 Å². The highest BCUT2D eigenvalue weighted by atomic mass is 32.2. The van der Waals surface area contributed by atoms with Crippen molar-refractivity contribution >= 4 is 15.7 Å². The topological polar surface area (TPSA) is 58.5 Å². The number of sulfonamides is 1. The fraction of sp³-hybridized carbons (Fsp3) is 0.611. The summed E-state index contributed by atoms with van der Waals surface area (Å²) in [5, 5.41) is 4.21. The van der Waals surface area contributed by atoms with E-state index in [1.54, 1.807) is 12.1 Å². The van der Waals surface area contributed by atoms with Gasteiger partial charge in [0.15, 0.2) is 0 Å². The Morgan fingerprint density at radius 2 is 1.91 bits per heavy atom. The lowest BCUT2D eigenvalue weighted by atomic mass is 9.72. The number of hydrazone groups is 1. The van der Waals surface area contributed by atoms with Gasteiger partial charge in [-0.15, -0.1) is 0 Å². The van der Waals surface area contributed by atoms with Crippen LogP contribution in [0.25, 0.3) is 0 Å². The zero-order chi connectivity index (χ0) is 17.1. The smallest absolute Gasteiger partial charge is 0.200 e. The van der Waals surface area contributed by atoms with Crippen molar-refractivity contribution in [2.24, 2.45) is 16.4 Å². The first-order valence-corrected chi connectivity index (χ1v) is 9.86. The highest BCUT2D eigenvalue weighted by molar-refractivity contribution is 7.89. The summed E-state index contributed by atoms with van der Waals surface area (Å²) in [5.41, 5.74) is 2.28. The highest BCUT2D eigenvalue weighted by Gasteiger charge is 2.29. The lowest BCUT2D eigenvalue weighted by molar-refractivity contribution is 0.265. The molecule has 0 aliphatic heterocycles. The van der Waals surface area contributed by atoms with Gasteiger partial charge in [0, 0.05) is 5.71 Å². The van der Waals surface area contributed by atoms with Crippen LogP contribution < -0.4 is 4.83 Å². The van der Waals surface area contributed by atoms with Crippen LogP contribution >= 0.6 is 0 Å². The highest BCUT2D eigenvalue weighted by Crippen LogP contribution is 2.36. The molecule has 2 rings (SSSR count). The second kappa shape index (κ2) is 7.04. The fourth-order valence-electron chi connectivity index (χ4n) is 3.50. The van der Waals surface area contributed by atoms with Gasteiger partial charge in [0.1, 0.15) is 0 Å². The van der Waals surface area contributed by atoms with Crippen molar-refractivity contribution in [1.29, 1.82) is 0 Å². The maximum absolute atomic E-state index is 12.4. The molecule has 1 aromatic rings. The Kier molecular flexibility index (Phi) is 5.50. The first kappa shape index (κ1) is 18.0. The second-order valence-electron chi connectivity index (χ2n) is 7.52. The molecule has 23 heavy (non-hydrogen) atoms.